The quantitative estimate of drug-likeness (QED) is 0.0612. The van der Waals surface area contributed by atoms with Crippen molar-refractivity contribution < 1.29 is 49.0 Å². The number of unbranched alkanes of at least 4 members (excludes halogenated alkanes) is 2. The zero-order valence-corrected chi connectivity index (χ0v) is 27.1. The van der Waals surface area contributed by atoms with Crippen LogP contribution in [0.2, 0.25) is 0 Å². The van der Waals surface area contributed by atoms with Crippen LogP contribution in [0.5, 0.6) is 0 Å². The van der Waals surface area contributed by atoms with Crippen LogP contribution in [0.15, 0.2) is 43.9 Å². The summed E-state index contributed by atoms with van der Waals surface area (Å²) in [6, 6.07) is 0.991. The minimum absolute atomic E-state index is 0.145. The molecular formula is C28H34N6O13S2. The molecule has 0 saturated carbocycles. The van der Waals surface area contributed by atoms with E-state index in [2.05, 4.69) is 15.6 Å². The van der Waals surface area contributed by atoms with Gasteiger partial charge in [-0.05, 0) is 18.9 Å². The summed E-state index contributed by atoms with van der Waals surface area (Å²) in [5, 5.41) is 48.7. The predicted octanol–water partition coefficient (Wildman–Crippen LogP) is -2.53. The molecule has 21 heteroatoms. The van der Waals surface area contributed by atoms with Gasteiger partial charge in [-0.15, -0.1) is 0 Å². The Morgan fingerprint density at radius 2 is 1.88 bits per heavy atom. The van der Waals surface area contributed by atoms with Crippen LogP contribution >= 0.6 is 20.7 Å². The second-order valence-electron chi connectivity index (χ2n) is 11.3. The Bertz CT molecular complexity index is 1830. The standard InChI is InChI=1S/C28H34N6O13S2/c29-23(41)21(20-11(9-35)18(39)26(46-20)34-7-5-16(38)33-28(34)44)47-27-19(40)13(36)8-14(45-27)24(42)30-6-3-1-2-4-15(37)32-17-22-12(10-48-49-22)31-25(17)43/h5,7-8,10-11,13,18-21,26-27,35-36,39-40H,1-4,6,9H2,(H2,29,41)(H,30,42)(H,31,43)(H,32,37)(H,33,38,44)/t11-,13-,18+,19-,20-,21+,26+,27+/m0/s1. The molecule has 0 aromatic carbocycles. The molecule has 8 atom stereocenters. The summed E-state index contributed by atoms with van der Waals surface area (Å²) < 4.78 is 17.6. The van der Waals surface area contributed by atoms with E-state index >= 15 is 0 Å². The van der Waals surface area contributed by atoms with Crippen LogP contribution in [0, 0.1) is 5.92 Å². The summed E-state index contributed by atoms with van der Waals surface area (Å²) >= 11 is 0. The number of ether oxygens (including phenoxy) is 3. The van der Waals surface area contributed by atoms with Crippen molar-refractivity contribution in [3.63, 3.8) is 0 Å². The van der Waals surface area contributed by atoms with Gasteiger partial charge < -0.3 is 56.0 Å². The summed E-state index contributed by atoms with van der Waals surface area (Å²) in [4.78, 5) is 78.8. The minimum Gasteiger partial charge on any atom is -0.456 e. The molecule has 49 heavy (non-hydrogen) atoms. The number of aromatic nitrogens is 3. The number of H-pyrrole nitrogens is 2. The van der Waals surface area contributed by atoms with Crippen LogP contribution in [0.1, 0.15) is 31.9 Å². The number of anilines is 1. The molecular weight excluding hydrogens is 692 g/mol. The van der Waals surface area contributed by atoms with E-state index < -0.39 is 84.4 Å². The van der Waals surface area contributed by atoms with E-state index in [-0.39, 0.29) is 30.1 Å². The molecule has 1 aromatic rings. The van der Waals surface area contributed by atoms with Crippen molar-refractivity contribution in [1.29, 1.82) is 0 Å². The summed E-state index contributed by atoms with van der Waals surface area (Å²) in [5.41, 5.74) is 4.40. The fourth-order valence-electron chi connectivity index (χ4n) is 5.41. The Kier molecular flexibility index (Phi) is 11.4. The lowest BCUT2D eigenvalue weighted by molar-refractivity contribution is -0.239. The number of primary amides is 1. The number of fused-ring (bicyclic) bond motifs is 1. The van der Waals surface area contributed by atoms with Gasteiger partial charge >= 0.3 is 5.69 Å². The van der Waals surface area contributed by atoms with Gasteiger partial charge in [0.05, 0.1) is 17.2 Å². The summed E-state index contributed by atoms with van der Waals surface area (Å²) in [7, 11) is 2.82. The molecule has 0 spiro atoms. The molecule has 3 amide bonds. The first-order chi connectivity index (χ1) is 23.4. The van der Waals surface area contributed by atoms with Gasteiger partial charge in [-0.3, -0.25) is 33.5 Å². The Morgan fingerprint density at radius 3 is 2.59 bits per heavy atom. The molecule has 0 radical (unpaired) electrons. The number of hydrogen-bond acceptors (Lipinski definition) is 15. The number of aromatic amines is 2. The number of carbonyl (C=O) groups is 3. The normalized spacial score (nSPS) is 25.8. The molecule has 0 unspecified atom stereocenters. The zero-order chi connectivity index (χ0) is 35.4. The molecule has 4 aliphatic rings. The summed E-state index contributed by atoms with van der Waals surface area (Å²) in [6.45, 7) is -0.623. The van der Waals surface area contributed by atoms with Gasteiger partial charge in [0, 0.05) is 36.5 Å². The molecule has 1 fully saturated rings. The molecule has 4 aliphatic heterocycles. The Labute approximate surface area is 282 Å². The number of aliphatic hydroxyl groups excluding tert-OH is 4. The zero-order valence-electron chi connectivity index (χ0n) is 25.5. The fraction of sp³-hybridized carbons (Fsp3) is 0.500. The topological polar surface area (TPSA) is 298 Å². The van der Waals surface area contributed by atoms with E-state index in [1.807, 2.05) is 4.98 Å². The Morgan fingerprint density at radius 1 is 1.10 bits per heavy atom. The maximum absolute atomic E-state index is 12.8. The number of hydrogen-bond donors (Lipinski definition) is 9. The number of amides is 3. The number of nitrogens with zero attached hydrogens (tertiary/aromatic N) is 1. The third kappa shape index (κ3) is 7.99. The van der Waals surface area contributed by atoms with Crippen molar-refractivity contribution in [1.82, 2.24) is 19.9 Å². The summed E-state index contributed by atoms with van der Waals surface area (Å²) in [5.74, 6) is -4.01. The van der Waals surface area contributed by atoms with Gasteiger partial charge in [0.2, 0.25) is 18.1 Å². The molecule has 1 aromatic heterocycles. The fourth-order valence-corrected chi connectivity index (χ4v) is 7.57. The molecule has 266 valence electrons. The molecule has 1 saturated heterocycles. The average Bonchev–Trinajstić information content (AvgIpc) is 3.72. The van der Waals surface area contributed by atoms with Crippen LogP contribution in [0.25, 0.3) is 10.6 Å². The smallest absolute Gasteiger partial charge is 0.330 e. The lowest BCUT2D eigenvalue weighted by Gasteiger charge is -2.35. The van der Waals surface area contributed by atoms with Crippen molar-refractivity contribution in [2.24, 2.45) is 11.7 Å². The van der Waals surface area contributed by atoms with Gasteiger partial charge in [0.1, 0.15) is 30.1 Å². The maximum Gasteiger partial charge on any atom is 0.330 e. The van der Waals surface area contributed by atoms with Crippen molar-refractivity contribution in [3.8, 4) is 10.6 Å². The number of carbonyl (C=O) groups excluding carboxylic acids is 3. The highest BCUT2D eigenvalue weighted by Gasteiger charge is 2.51. The van der Waals surface area contributed by atoms with Crippen LogP contribution in [-0.2, 0) is 28.6 Å². The van der Waals surface area contributed by atoms with Gasteiger partial charge in [-0.25, -0.2) is 4.79 Å². The van der Waals surface area contributed by atoms with Gasteiger partial charge in [0.15, 0.2) is 18.1 Å². The van der Waals surface area contributed by atoms with Crippen molar-refractivity contribution >= 4 is 44.1 Å². The first-order valence-electron chi connectivity index (χ1n) is 15.0. The molecule has 10 N–H and O–H groups in total. The van der Waals surface area contributed by atoms with Crippen LogP contribution in [0.4, 0.5) is 5.69 Å². The van der Waals surface area contributed by atoms with Crippen LogP contribution in [-0.4, -0.2) is 103 Å². The van der Waals surface area contributed by atoms with E-state index in [1.54, 1.807) is 5.38 Å². The molecule has 0 aliphatic carbocycles. The highest BCUT2D eigenvalue weighted by atomic mass is 32.9. The maximum atomic E-state index is 12.8. The van der Waals surface area contributed by atoms with Crippen molar-refractivity contribution in [3.05, 3.63) is 60.7 Å². The lowest BCUT2D eigenvalue weighted by Crippen LogP contribution is -2.53. The largest absolute Gasteiger partial charge is 0.456 e. The van der Waals surface area contributed by atoms with E-state index in [0.717, 1.165) is 22.9 Å². The molecule has 0 bridgehead atoms. The first kappa shape index (κ1) is 36.1. The average molecular weight is 727 g/mol. The van der Waals surface area contributed by atoms with E-state index in [9.17, 15) is 49.2 Å². The van der Waals surface area contributed by atoms with Gasteiger partial charge in [-0.1, -0.05) is 27.1 Å². The first-order valence-corrected chi connectivity index (χ1v) is 17.2. The third-order valence-electron chi connectivity index (χ3n) is 7.94. The Hall–Kier alpha value is -4.22. The molecule has 5 heterocycles. The molecule has 5 rings (SSSR count). The third-order valence-corrected chi connectivity index (χ3v) is 10.0. The monoisotopic (exact) mass is 726 g/mol. The molecule has 19 nitrogen and oxygen atoms in total. The Balaban J connectivity index is 1.12. The number of nitrogens with one attached hydrogen (secondary N) is 4. The summed E-state index contributed by atoms with van der Waals surface area (Å²) in [6.07, 6.45) is -8.19. The van der Waals surface area contributed by atoms with Gasteiger partial charge in [-0.2, -0.15) is 0 Å². The second-order valence-corrected chi connectivity index (χ2v) is 13.4. The van der Waals surface area contributed by atoms with Crippen LogP contribution in [0.3, 0.4) is 0 Å². The number of nitrogens with two attached hydrogens (primary N) is 1. The predicted molar refractivity (Wildman–Crippen MR) is 170 cm³/mol. The van der Waals surface area contributed by atoms with Crippen molar-refractivity contribution in [2.75, 3.05) is 18.5 Å². The van der Waals surface area contributed by atoms with Gasteiger partial charge in [0.25, 0.3) is 17.0 Å². The van der Waals surface area contributed by atoms with E-state index in [0.29, 0.717) is 29.8 Å². The second kappa shape index (κ2) is 15.6. The number of rotatable bonds is 14. The number of aliphatic hydroxyl groups is 4. The van der Waals surface area contributed by atoms with E-state index in [1.165, 1.54) is 20.7 Å². The van der Waals surface area contributed by atoms with Crippen LogP contribution < -0.4 is 33.2 Å². The highest BCUT2D eigenvalue weighted by Crippen LogP contribution is 2.37. The highest BCUT2D eigenvalue weighted by molar-refractivity contribution is 7.70. The van der Waals surface area contributed by atoms with E-state index in [4.69, 9.17) is 19.9 Å². The SMILES string of the molecule is NC(=O)[C@H](O[C@H]1OC(C(=O)NCCCCCC(=O)Nc2c3sscc-3[nH]c2=O)=C[C@H](O)[C@@H]1O)[C@H]1O[C@@H](n2ccc(=O)[nH]c2=O)[C@H](O)[C@@H]1CO. The lowest BCUT2D eigenvalue weighted by atomic mass is 9.94. The van der Waals surface area contributed by atoms with Crippen molar-refractivity contribution in [2.45, 2.75) is 68.7 Å². The minimum atomic E-state index is -1.85.